The third-order valence-corrected chi connectivity index (χ3v) is 5.57. The SMILES string of the molecule is Cc1cc(Br)c(O)c(C=Nc2ccc3oc(-c4cccc(Cl)c4Cl)nc3c2)c1. The second kappa shape index (κ2) is 7.59. The van der Waals surface area contributed by atoms with E-state index in [1.165, 1.54) is 0 Å². The topological polar surface area (TPSA) is 58.6 Å². The predicted octanol–water partition coefficient (Wildman–Crippen LogP) is 7.33. The lowest BCUT2D eigenvalue weighted by Gasteiger charge is -2.03. The highest BCUT2D eigenvalue weighted by atomic mass is 79.9. The molecule has 0 saturated heterocycles. The van der Waals surface area contributed by atoms with Crippen LogP contribution in [0.1, 0.15) is 11.1 Å². The first-order valence-electron chi connectivity index (χ1n) is 8.30. The number of aromatic nitrogens is 1. The number of hydrogen-bond donors (Lipinski definition) is 1. The van der Waals surface area contributed by atoms with Crippen molar-refractivity contribution in [3.8, 4) is 17.2 Å². The zero-order valence-corrected chi connectivity index (χ0v) is 17.7. The minimum absolute atomic E-state index is 0.148. The number of phenolic OH excluding ortho intramolecular Hbond substituents is 1. The number of phenols is 1. The first-order valence-corrected chi connectivity index (χ1v) is 9.85. The van der Waals surface area contributed by atoms with Crippen LogP contribution >= 0.6 is 39.1 Å². The second-order valence-electron chi connectivity index (χ2n) is 6.22. The standard InChI is InChI=1S/C21H13BrCl2N2O2/c1-11-7-12(20(27)15(22)8-11)10-25-13-5-6-18-17(9-13)26-21(28-18)14-3-2-4-16(23)19(14)24/h2-10,27H,1H3. The van der Waals surface area contributed by atoms with Crippen molar-refractivity contribution < 1.29 is 9.52 Å². The van der Waals surface area contributed by atoms with Crippen LogP contribution in [0.3, 0.4) is 0 Å². The molecule has 1 heterocycles. The molecule has 4 aromatic rings. The molecule has 0 amide bonds. The molecule has 0 unspecified atom stereocenters. The third kappa shape index (κ3) is 3.65. The zero-order chi connectivity index (χ0) is 19.8. The number of fused-ring (bicyclic) bond motifs is 1. The Hall–Kier alpha value is -2.34. The molecule has 0 aliphatic carbocycles. The van der Waals surface area contributed by atoms with Crippen LogP contribution in [0.2, 0.25) is 10.0 Å². The summed E-state index contributed by atoms with van der Waals surface area (Å²) in [7, 11) is 0. The van der Waals surface area contributed by atoms with Gasteiger partial charge in [0.15, 0.2) is 5.58 Å². The molecular formula is C21H13BrCl2N2O2. The van der Waals surface area contributed by atoms with Gasteiger partial charge in [-0.05, 0) is 70.9 Å². The van der Waals surface area contributed by atoms with E-state index < -0.39 is 0 Å². The van der Waals surface area contributed by atoms with E-state index in [4.69, 9.17) is 27.6 Å². The highest BCUT2D eigenvalue weighted by Gasteiger charge is 2.14. The summed E-state index contributed by atoms with van der Waals surface area (Å²) in [5.41, 5.74) is 4.22. The summed E-state index contributed by atoms with van der Waals surface area (Å²) < 4.78 is 6.43. The van der Waals surface area contributed by atoms with E-state index in [-0.39, 0.29) is 5.75 Å². The lowest BCUT2D eigenvalue weighted by Crippen LogP contribution is -1.86. The Morgan fingerprint density at radius 3 is 2.79 bits per heavy atom. The molecule has 1 aromatic heterocycles. The van der Waals surface area contributed by atoms with E-state index in [1.54, 1.807) is 36.5 Å². The van der Waals surface area contributed by atoms with Crippen LogP contribution in [0.4, 0.5) is 5.69 Å². The summed E-state index contributed by atoms with van der Waals surface area (Å²) in [6, 6.07) is 14.4. The number of aliphatic imine (C=N–C) groups is 1. The summed E-state index contributed by atoms with van der Waals surface area (Å²) in [6.07, 6.45) is 1.61. The maximum atomic E-state index is 10.2. The number of aromatic hydroxyl groups is 1. The zero-order valence-electron chi connectivity index (χ0n) is 14.6. The molecular weight excluding hydrogens is 463 g/mol. The van der Waals surface area contributed by atoms with Crippen molar-refractivity contribution in [2.45, 2.75) is 6.92 Å². The van der Waals surface area contributed by atoms with Crippen molar-refractivity contribution in [2.75, 3.05) is 0 Å². The van der Waals surface area contributed by atoms with Gasteiger partial charge in [-0.2, -0.15) is 0 Å². The molecule has 7 heteroatoms. The van der Waals surface area contributed by atoms with Crippen molar-refractivity contribution >= 4 is 62.1 Å². The van der Waals surface area contributed by atoms with Crippen molar-refractivity contribution in [2.24, 2.45) is 4.99 Å². The van der Waals surface area contributed by atoms with Crippen LogP contribution in [0.5, 0.6) is 5.75 Å². The molecule has 0 radical (unpaired) electrons. The largest absolute Gasteiger partial charge is 0.506 e. The molecule has 4 rings (SSSR count). The molecule has 28 heavy (non-hydrogen) atoms. The summed E-state index contributed by atoms with van der Waals surface area (Å²) >= 11 is 15.7. The summed E-state index contributed by atoms with van der Waals surface area (Å²) in [4.78, 5) is 8.95. The smallest absolute Gasteiger partial charge is 0.228 e. The Kier molecular flexibility index (Phi) is 5.15. The number of aryl methyl sites for hydroxylation is 1. The van der Waals surface area contributed by atoms with E-state index in [0.29, 0.717) is 48.3 Å². The van der Waals surface area contributed by atoms with Gasteiger partial charge in [0.25, 0.3) is 0 Å². The highest BCUT2D eigenvalue weighted by Crippen LogP contribution is 2.35. The van der Waals surface area contributed by atoms with Crippen LogP contribution in [0.15, 0.2) is 62.4 Å². The highest BCUT2D eigenvalue weighted by molar-refractivity contribution is 9.10. The maximum Gasteiger partial charge on any atom is 0.228 e. The van der Waals surface area contributed by atoms with Crippen LogP contribution in [0, 0.1) is 6.92 Å². The molecule has 140 valence electrons. The van der Waals surface area contributed by atoms with Gasteiger partial charge in [-0.25, -0.2) is 4.98 Å². The number of halogens is 3. The first kappa shape index (κ1) is 19.0. The number of nitrogens with zero attached hydrogens (tertiary/aromatic N) is 2. The number of oxazole rings is 1. The van der Waals surface area contributed by atoms with E-state index in [0.717, 1.165) is 5.56 Å². The Balaban J connectivity index is 1.70. The average Bonchev–Trinajstić information content (AvgIpc) is 3.08. The monoisotopic (exact) mass is 474 g/mol. The molecule has 3 aromatic carbocycles. The second-order valence-corrected chi connectivity index (χ2v) is 7.85. The Bertz CT molecular complexity index is 1230. The van der Waals surface area contributed by atoms with Gasteiger partial charge >= 0.3 is 0 Å². The molecule has 0 bridgehead atoms. The Labute approximate surface area is 179 Å². The third-order valence-electron chi connectivity index (χ3n) is 4.14. The summed E-state index contributed by atoms with van der Waals surface area (Å²) in [6.45, 7) is 1.95. The summed E-state index contributed by atoms with van der Waals surface area (Å²) in [5, 5.41) is 11.0. The minimum Gasteiger partial charge on any atom is -0.506 e. The van der Waals surface area contributed by atoms with Crippen LogP contribution in [-0.4, -0.2) is 16.3 Å². The lowest BCUT2D eigenvalue weighted by molar-refractivity contribution is 0.471. The number of rotatable bonds is 3. The van der Waals surface area contributed by atoms with E-state index in [9.17, 15) is 5.11 Å². The average molecular weight is 476 g/mol. The molecule has 0 saturated carbocycles. The lowest BCUT2D eigenvalue weighted by atomic mass is 10.1. The van der Waals surface area contributed by atoms with Crippen molar-refractivity contribution in [1.82, 2.24) is 4.98 Å². The predicted molar refractivity (Wildman–Crippen MR) is 117 cm³/mol. The maximum absolute atomic E-state index is 10.2. The van der Waals surface area contributed by atoms with Gasteiger partial charge in [-0.15, -0.1) is 0 Å². The quantitative estimate of drug-likeness (QED) is 0.315. The van der Waals surface area contributed by atoms with E-state index in [1.807, 2.05) is 25.1 Å². The summed E-state index contributed by atoms with van der Waals surface area (Å²) in [5.74, 6) is 0.540. The fraction of sp³-hybridized carbons (Fsp3) is 0.0476. The normalized spacial score (nSPS) is 11.6. The number of benzene rings is 3. The van der Waals surface area contributed by atoms with Gasteiger partial charge in [0.1, 0.15) is 11.3 Å². The van der Waals surface area contributed by atoms with Crippen molar-refractivity contribution in [1.29, 1.82) is 0 Å². The Morgan fingerprint density at radius 2 is 1.96 bits per heavy atom. The molecule has 0 spiro atoms. The molecule has 0 atom stereocenters. The minimum atomic E-state index is 0.148. The van der Waals surface area contributed by atoms with Gasteiger partial charge < -0.3 is 9.52 Å². The van der Waals surface area contributed by atoms with Crippen LogP contribution < -0.4 is 0 Å². The van der Waals surface area contributed by atoms with Gasteiger partial charge in [0.05, 0.1) is 25.8 Å². The van der Waals surface area contributed by atoms with Crippen molar-refractivity contribution in [3.63, 3.8) is 0 Å². The van der Waals surface area contributed by atoms with E-state index >= 15 is 0 Å². The van der Waals surface area contributed by atoms with Crippen molar-refractivity contribution in [3.05, 3.63) is 74.2 Å². The van der Waals surface area contributed by atoms with Gasteiger partial charge in [-0.3, -0.25) is 4.99 Å². The van der Waals surface area contributed by atoms with Gasteiger partial charge in [-0.1, -0.05) is 29.3 Å². The Morgan fingerprint density at radius 1 is 1.14 bits per heavy atom. The van der Waals surface area contributed by atoms with Gasteiger partial charge in [0, 0.05) is 11.8 Å². The molecule has 1 N–H and O–H groups in total. The fourth-order valence-electron chi connectivity index (χ4n) is 2.78. The fourth-order valence-corrected chi connectivity index (χ4v) is 3.76. The molecule has 0 aliphatic heterocycles. The molecule has 0 fully saturated rings. The first-order chi connectivity index (χ1) is 13.4. The van der Waals surface area contributed by atoms with Crippen LogP contribution in [0.25, 0.3) is 22.6 Å². The van der Waals surface area contributed by atoms with E-state index in [2.05, 4.69) is 25.9 Å². The van der Waals surface area contributed by atoms with Crippen LogP contribution in [-0.2, 0) is 0 Å². The van der Waals surface area contributed by atoms with Gasteiger partial charge in [0.2, 0.25) is 5.89 Å². The number of hydrogen-bond acceptors (Lipinski definition) is 4. The molecule has 4 nitrogen and oxygen atoms in total. The molecule has 0 aliphatic rings.